The first-order chi connectivity index (χ1) is 16.9. The Kier molecular flexibility index (Phi) is 6.50. The molecule has 0 radical (unpaired) electrons. The van der Waals surface area contributed by atoms with Crippen molar-refractivity contribution in [1.29, 1.82) is 0 Å². The summed E-state index contributed by atoms with van der Waals surface area (Å²) in [5, 5.41) is 7.71. The van der Waals surface area contributed by atoms with E-state index in [2.05, 4.69) is 16.5 Å². The van der Waals surface area contributed by atoms with Crippen molar-refractivity contribution in [2.45, 2.75) is 31.8 Å². The molecule has 1 heterocycles. The van der Waals surface area contributed by atoms with Crippen molar-refractivity contribution < 1.29 is 13.9 Å². The highest BCUT2D eigenvalue weighted by molar-refractivity contribution is 6.33. The average Bonchev–Trinajstić information content (AvgIpc) is 3.64. The van der Waals surface area contributed by atoms with Crippen LogP contribution < -0.4 is 5.32 Å². The van der Waals surface area contributed by atoms with Gasteiger partial charge in [-0.05, 0) is 61.1 Å². The van der Waals surface area contributed by atoms with Gasteiger partial charge in [-0.3, -0.25) is 5.32 Å². The van der Waals surface area contributed by atoms with Gasteiger partial charge in [-0.25, -0.2) is 13.9 Å². The van der Waals surface area contributed by atoms with Gasteiger partial charge in [0.25, 0.3) is 0 Å². The van der Waals surface area contributed by atoms with E-state index in [1.807, 2.05) is 24.3 Å². The predicted molar refractivity (Wildman–Crippen MR) is 136 cm³/mol. The van der Waals surface area contributed by atoms with Crippen molar-refractivity contribution in [3.63, 3.8) is 0 Å². The number of nitrogens with zero attached hydrogens (tertiary/aromatic N) is 2. The van der Waals surface area contributed by atoms with E-state index in [0.29, 0.717) is 27.2 Å². The minimum Gasteiger partial charge on any atom is -0.441 e. The molecule has 1 fully saturated rings. The van der Waals surface area contributed by atoms with Crippen LogP contribution in [-0.4, -0.2) is 15.9 Å². The maximum atomic E-state index is 14.5. The highest BCUT2D eigenvalue weighted by atomic mass is 35.5. The summed E-state index contributed by atoms with van der Waals surface area (Å²) >= 11 is 12.7. The van der Waals surface area contributed by atoms with E-state index >= 15 is 0 Å². The SMILES string of the molecule is CC(OC(=O)Nc1c(F)cnn1-c1ccc(-c2ccc(C3CC3)cc2Cl)cc1)c1ccccc1Cl. The first-order valence-electron chi connectivity index (χ1n) is 11.3. The van der Waals surface area contributed by atoms with Gasteiger partial charge in [0.05, 0.1) is 11.9 Å². The summed E-state index contributed by atoms with van der Waals surface area (Å²) in [4.78, 5) is 12.5. The van der Waals surface area contributed by atoms with E-state index in [1.165, 1.54) is 23.1 Å². The highest BCUT2D eigenvalue weighted by Crippen LogP contribution is 2.42. The highest BCUT2D eigenvalue weighted by Gasteiger charge is 2.24. The molecule has 35 heavy (non-hydrogen) atoms. The summed E-state index contributed by atoms with van der Waals surface area (Å²) in [5.74, 6) is -0.181. The number of amides is 1. The molecule has 178 valence electrons. The number of aromatic nitrogens is 2. The number of carbonyl (C=O) groups is 1. The summed E-state index contributed by atoms with van der Waals surface area (Å²) in [6, 6.07) is 20.6. The fourth-order valence-corrected chi connectivity index (χ4v) is 4.60. The Hall–Kier alpha value is -3.35. The molecule has 1 N–H and O–H groups in total. The Morgan fingerprint density at radius 2 is 1.83 bits per heavy atom. The number of nitrogens with one attached hydrogen (secondary N) is 1. The Morgan fingerprint density at radius 3 is 2.51 bits per heavy atom. The summed E-state index contributed by atoms with van der Waals surface area (Å²) in [7, 11) is 0. The van der Waals surface area contributed by atoms with E-state index < -0.39 is 18.0 Å². The maximum absolute atomic E-state index is 14.5. The number of halogens is 3. The summed E-state index contributed by atoms with van der Waals surface area (Å²) < 4.78 is 21.2. The van der Waals surface area contributed by atoms with Crippen LogP contribution in [-0.2, 0) is 4.74 Å². The van der Waals surface area contributed by atoms with Gasteiger partial charge >= 0.3 is 6.09 Å². The molecule has 8 heteroatoms. The summed E-state index contributed by atoms with van der Waals surface area (Å²) in [5.41, 5.74) is 4.34. The van der Waals surface area contributed by atoms with Crippen LogP contribution in [0.25, 0.3) is 16.8 Å². The molecular formula is C27H22Cl2FN3O2. The number of carbonyl (C=O) groups excluding carboxylic acids is 1. The monoisotopic (exact) mass is 509 g/mol. The third kappa shape index (κ3) is 5.04. The van der Waals surface area contributed by atoms with Crippen LogP contribution in [0.15, 0.2) is 72.9 Å². The lowest BCUT2D eigenvalue weighted by Crippen LogP contribution is -2.19. The molecule has 0 aliphatic heterocycles. The zero-order valence-corrected chi connectivity index (χ0v) is 20.4. The van der Waals surface area contributed by atoms with E-state index in [4.69, 9.17) is 27.9 Å². The quantitative estimate of drug-likeness (QED) is 0.285. The Bertz CT molecular complexity index is 1380. The van der Waals surface area contributed by atoms with Crippen LogP contribution in [0.5, 0.6) is 0 Å². The number of hydrogen-bond acceptors (Lipinski definition) is 3. The number of rotatable bonds is 6. The summed E-state index contributed by atoms with van der Waals surface area (Å²) in [6.07, 6.45) is 2.02. The van der Waals surface area contributed by atoms with Crippen LogP contribution in [0, 0.1) is 5.82 Å². The maximum Gasteiger partial charge on any atom is 0.413 e. The third-order valence-corrected chi connectivity index (χ3v) is 6.69. The standard InChI is InChI=1S/C27H22Cl2FN3O2/c1-16(21-4-2-3-5-23(21)28)35-27(34)32-26-25(30)15-31-33(26)20-11-8-18(9-12-20)22-13-10-19(14-24(22)29)17-6-7-17/h2-5,8-17H,6-7H2,1H3,(H,32,34). The lowest BCUT2D eigenvalue weighted by atomic mass is 10.0. The third-order valence-electron chi connectivity index (χ3n) is 6.04. The molecule has 5 rings (SSSR count). The van der Waals surface area contributed by atoms with E-state index in [9.17, 15) is 9.18 Å². The minimum absolute atomic E-state index is 0.124. The van der Waals surface area contributed by atoms with Gasteiger partial charge in [0.15, 0.2) is 11.6 Å². The smallest absolute Gasteiger partial charge is 0.413 e. The number of anilines is 1. The zero-order chi connectivity index (χ0) is 24.5. The number of benzene rings is 3. The van der Waals surface area contributed by atoms with Gasteiger partial charge < -0.3 is 4.74 Å². The van der Waals surface area contributed by atoms with Crippen molar-refractivity contribution in [2.75, 3.05) is 5.32 Å². The van der Waals surface area contributed by atoms with E-state index in [0.717, 1.165) is 17.3 Å². The lowest BCUT2D eigenvalue weighted by molar-refractivity contribution is 0.121. The Labute approximate surface area is 212 Å². The molecule has 1 aliphatic rings. The molecule has 1 atom stereocenters. The average molecular weight is 510 g/mol. The van der Waals surface area contributed by atoms with Gasteiger partial charge in [-0.15, -0.1) is 0 Å². The largest absolute Gasteiger partial charge is 0.441 e. The van der Waals surface area contributed by atoms with Crippen LogP contribution >= 0.6 is 23.2 Å². The first-order valence-corrected chi connectivity index (χ1v) is 12.0. The van der Waals surface area contributed by atoms with Gasteiger partial charge in [-0.2, -0.15) is 5.10 Å². The topological polar surface area (TPSA) is 56.1 Å². The molecule has 0 bridgehead atoms. The molecule has 1 aliphatic carbocycles. The molecule has 3 aromatic carbocycles. The van der Waals surface area contributed by atoms with Crippen molar-refractivity contribution >= 4 is 35.1 Å². The van der Waals surface area contributed by atoms with Crippen molar-refractivity contribution in [1.82, 2.24) is 9.78 Å². The van der Waals surface area contributed by atoms with Crippen LogP contribution in [0.2, 0.25) is 10.0 Å². The minimum atomic E-state index is -0.822. The van der Waals surface area contributed by atoms with Gasteiger partial charge in [0.2, 0.25) is 0 Å². The molecular weight excluding hydrogens is 488 g/mol. The molecule has 0 saturated heterocycles. The molecule has 1 saturated carbocycles. The van der Waals surface area contributed by atoms with E-state index in [-0.39, 0.29) is 5.82 Å². The summed E-state index contributed by atoms with van der Waals surface area (Å²) in [6.45, 7) is 1.69. The number of hydrogen-bond donors (Lipinski definition) is 1. The van der Waals surface area contributed by atoms with Crippen LogP contribution in [0.4, 0.5) is 15.0 Å². The van der Waals surface area contributed by atoms with Gasteiger partial charge in [0.1, 0.15) is 6.10 Å². The predicted octanol–water partition coefficient (Wildman–Crippen LogP) is 8.17. The van der Waals surface area contributed by atoms with Gasteiger partial charge in [-0.1, -0.05) is 65.7 Å². The van der Waals surface area contributed by atoms with Crippen molar-refractivity contribution in [3.05, 3.63) is 99.9 Å². The van der Waals surface area contributed by atoms with Crippen molar-refractivity contribution in [3.8, 4) is 16.8 Å². The lowest BCUT2D eigenvalue weighted by Gasteiger charge is -2.16. The molecule has 1 unspecified atom stereocenters. The molecule has 1 amide bonds. The van der Waals surface area contributed by atoms with Crippen molar-refractivity contribution in [2.24, 2.45) is 0 Å². The van der Waals surface area contributed by atoms with Crippen LogP contribution in [0.1, 0.15) is 42.9 Å². The van der Waals surface area contributed by atoms with Crippen LogP contribution in [0.3, 0.4) is 0 Å². The molecule has 0 spiro atoms. The fourth-order valence-electron chi connectivity index (χ4n) is 4.01. The zero-order valence-electron chi connectivity index (χ0n) is 18.8. The van der Waals surface area contributed by atoms with Gasteiger partial charge in [0, 0.05) is 21.2 Å². The fraction of sp³-hybridized carbons (Fsp3) is 0.185. The Balaban J connectivity index is 1.33. The second kappa shape index (κ2) is 9.72. The van der Waals surface area contributed by atoms with E-state index in [1.54, 1.807) is 43.3 Å². The molecule has 1 aromatic heterocycles. The number of ether oxygens (including phenoxy) is 1. The Morgan fingerprint density at radius 1 is 1.09 bits per heavy atom. The normalized spacial score (nSPS) is 13.9. The molecule has 5 nitrogen and oxygen atoms in total. The second-order valence-corrected chi connectivity index (χ2v) is 9.32. The second-order valence-electron chi connectivity index (χ2n) is 8.51. The molecule has 4 aromatic rings. The first kappa shape index (κ1) is 23.4.